The molecule has 1 aromatic heterocycles. The van der Waals surface area contributed by atoms with Crippen molar-refractivity contribution >= 4 is 5.69 Å². The molecule has 0 saturated carbocycles. The fourth-order valence-corrected chi connectivity index (χ4v) is 1.80. The van der Waals surface area contributed by atoms with Crippen LogP contribution in [0.5, 0.6) is 5.75 Å². The Balaban J connectivity index is 1.94. The van der Waals surface area contributed by atoms with Gasteiger partial charge in [0.1, 0.15) is 11.6 Å². The number of para-hydroxylation sites is 2. The minimum atomic E-state index is 0.560. The number of hydrogen-bond acceptors (Lipinski definition) is 4. The van der Waals surface area contributed by atoms with Gasteiger partial charge in [-0.15, -0.1) is 0 Å². The van der Waals surface area contributed by atoms with Crippen molar-refractivity contribution in [2.45, 2.75) is 20.3 Å². The van der Waals surface area contributed by atoms with E-state index >= 15 is 0 Å². The van der Waals surface area contributed by atoms with Gasteiger partial charge in [-0.3, -0.25) is 0 Å². The van der Waals surface area contributed by atoms with E-state index in [1.807, 2.05) is 44.2 Å². The summed E-state index contributed by atoms with van der Waals surface area (Å²) in [5.41, 5.74) is 8.44. The van der Waals surface area contributed by atoms with Crippen molar-refractivity contribution in [2.24, 2.45) is 0 Å². The van der Waals surface area contributed by atoms with Gasteiger partial charge in [0, 0.05) is 17.8 Å². The smallest absolute Gasteiger partial charge is 0.142 e. The molecule has 0 unspecified atom stereocenters. The second-order valence-corrected chi connectivity index (χ2v) is 4.18. The van der Waals surface area contributed by atoms with Crippen molar-refractivity contribution in [3.05, 3.63) is 47.5 Å². The molecule has 2 aromatic rings. The summed E-state index contributed by atoms with van der Waals surface area (Å²) in [6.45, 7) is 4.42. The van der Waals surface area contributed by atoms with Crippen molar-refractivity contribution in [3.8, 4) is 5.75 Å². The average Bonchev–Trinajstić information content (AvgIpc) is 2.30. The molecular formula is C14H17N3O. The van der Waals surface area contributed by atoms with E-state index in [0.717, 1.165) is 29.4 Å². The van der Waals surface area contributed by atoms with Crippen LogP contribution in [0.1, 0.15) is 17.2 Å². The maximum atomic E-state index is 5.80. The Morgan fingerprint density at radius 1 is 1.17 bits per heavy atom. The number of nitrogen functional groups attached to an aromatic ring is 1. The van der Waals surface area contributed by atoms with Gasteiger partial charge in [-0.2, -0.15) is 0 Å². The number of nitrogens with zero attached hydrogens (tertiary/aromatic N) is 2. The number of aromatic nitrogens is 2. The molecule has 4 heteroatoms. The van der Waals surface area contributed by atoms with Crippen LogP contribution in [0.25, 0.3) is 0 Å². The standard InChI is InChI=1S/C14H17N3O/c1-10-9-12(17-11(2)16-10)7-8-18-14-6-4-3-5-13(14)15/h3-6,9H,7-8,15H2,1-2H3. The second kappa shape index (κ2) is 5.49. The fourth-order valence-electron chi connectivity index (χ4n) is 1.80. The highest BCUT2D eigenvalue weighted by Gasteiger charge is 2.01. The topological polar surface area (TPSA) is 61.0 Å². The molecule has 0 saturated heterocycles. The molecule has 18 heavy (non-hydrogen) atoms. The molecule has 2 rings (SSSR count). The van der Waals surface area contributed by atoms with Gasteiger partial charge >= 0.3 is 0 Å². The number of benzene rings is 1. The van der Waals surface area contributed by atoms with Crippen LogP contribution in [0.2, 0.25) is 0 Å². The van der Waals surface area contributed by atoms with E-state index in [9.17, 15) is 0 Å². The van der Waals surface area contributed by atoms with E-state index in [-0.39, 0.29) is 0 Å². The number of anilines is 1. The zero-order chi connectivity index (χ0) is 13.0. The molecule has 0 aliphatic rings. The molecule has 2 N–H and O–H groups in total. The normalized spacial score (nSPS) is 10.3. The number of aryl methyl sites for hydroxylation is 2. The van der Waals surface area contributed by atoms with Gasteiger partial charge in [0.2, 0.25) is 0 Å². The molecule has 0 aliphatic carbocycles. The fraction of sp³-hybridized carbons (Fsp3) is 0.286. The molecule has 94 valence electrons. The first-order valence-corrected chi connectivity index (χ1v) is 5.93. The highest BCUT2D eigenvalue weighted by atomic mass is 16.5. The lowest BCUT2D eigenvalue weighted by atomic mass is 10.2. The van der Waals surface area contributed by atoms with E-state index in [1.165, 1.54) is 0 Å². The van der Waals surface area contributed by atoms with Crippen LogP contribution in [-0.4, -0.2) is 16.6 Å². The maximum absolute atomic E-state index is 5.80. The monoisotopic (exact) mass is 243 g/mol. The van der Waals surface area contributed by atoms with Gasteiger partial charge < -0.3 is 10.5 Å². The SMILES string of the molecule is Cc1cc(CCOc2ccccc2N)nc(C)n1. The largest absolute Gasteiger partial charge is 0.491 e. The lowest BCUT2D eigenvalue weighted by molar-refractivity contribution is 0.322. The third-order valence-corrected chi connectivity index (χ3v) is 2.55. The predicted octanol–water partition coefficient (Wildman–Crippen LogP) is 2.30. The lowest BCUT2D eigenvalue weighted by Gasteiger charge is -2.08. The molecule has 0 aliphatic heterocycles. The predicted molar refractivity (Wildman–Crippen MR) is 71.6 cm³/mol. The summed E-state index contributed by atoms with van der Waals surface area (Å²) in [4.78, 5) is 8.61. The van der Waals surface area contributed by atoms with Crippen LogP contribution in [0, 0.1) is 13.8 Å². The average molecular weight is 243 g/mol. The summed E-state index contributed by atoms with van der Waals surface area (Å²) in [7, 11) is 0. The number of ether oxygens (including phenoxy) is 1. The first-order valence-electron chi connectivity index (χ1n) is 5.93. The van der Waals surface area contributed by atoms with Crippen molar-refractivity contribution in [1.82, 2.24) is 9.97 Å². The van der Waals surface area contributed by atoms with Crippen LogP contribution in [0.4, 0.5) is 5.69 Å². The highest BCUT2D eigenvalue weighted by Crippen LogP contribution is 2.19. The first-order chi connectivity index (χ1) is 8.65. The Morgan fingerprint density at radius 3 is 2.67 bits per heavy atom. The Hall–Kier alpha value is -2.10. The zero-order valence-electron chi connectivity index (χ0n) is 10.7. The molecule has 1 aromatic carbocycles. The molecule has 0 spiro atoms. The molecule has 0 atom stereocenters. The number of hydrogen-bond donors (Lipinski definition) is 1. The second-order valence-electron chi connectivity index (χ2n) is 4.18. The van der Waals surface area contributed by atoms with Crippen LogP contribution in [0.15, 0.2) is 30.3 Å². The molecule has 4 nitrogen and oxygen atoms in total. The van der Waals surface area contributed by atoms with Gasteiger partial charge in [-0.1, -0.05) is 12.1 Å². The molecule has 1 heterocycles. The van der Waals surface area contributed by atoms with Crippen molar-refractivity contribution < 1.29 is 4.74 Å². The number of rotatable bonds is 4. The molecule has 0 radical (unpaired) electrons. The van der Waals surface area contributed by atoms with Crippen molar-refractivity contribution in [3.63, 3.8) is 0 Å². The Kier molecular flexibility index (Phi) is 3.77. The Labute approximate surface area is 107 Å². The van der Waals surface area contributed by atoms with E-state index < -0.39 is 0 Å². The van der Waals surface area contributed by atoms with Gasteiger partial charge in [0.05, 0.1) is 12.3 Å². The third-order valence-electron chi connectivity index (χ3n) is 2.55. The molecule has 0 fully saturated rings. The Bertz CT molecular complexity index is 520. The highest BCUT2D eigenvalue weighted by molar-refractivity contribution is 5.51. The van der Waals surface area contributed by atoms with Crippen LogP contribution >= 0.6 is 0 Å². The third kappa shape index (κ3) is 3.20. The summed E-state index contributed by atoms with van der Waals surface area (Å²) in [6, 6.07) is 9.47. The van der Waals surface area contributed by atoms with Crippen LogP contribution in [0.3, 0.4) is 0 Å². The van der Waals surface area contributed by atoms with Crippen molar-refractivity contribution in [2.75, 3.05) is 12.3 Å². The lowest BCUT2D eigenvalue weighted by Crippen LogP contribution is -2.06. The van der Waals surface area contributed by atoms with Crippen LogP contribution < -0.4 is 10.5 Å². The first kappa shape index (κ1) is 12.4. The van der Waals surface area contributed by atoms with Gasteiger partial charge in [0.15, 0.2) is 0 Å². The van der Waals surface area contributed by atoms with Crippen LogP contribution in [-0.2, 0) is 6.42 Å². The minimum Gasteiger partial charge on any atom is -0.491 e. The zero-order valence-corrected chi connectivity index (χ0v) is 10.7. The minimum absolute atomic E-state index is 0.560. The maximum Gasteiger partial charge on any atom is 0.142 e. The molecule has 0 bridgehead atoms. The van der Waals surface area contributed by atoms with Crippen molar-refractivity contribution in [1.29, 1.82) is 0 Å². The summed E-state index contributed by atoms with van der Waals surface area (Å²) in [5, 5.41) is 0. The quantitative estimate of drug-likeness (QED) is 0.837. The van der Waals surface area contributed by atoms with Gasteiger partial charge in [-0.25, -0.2) is 9.97 Å². The van der Waals surface area contributed by atoms with E-state index in [4.69, 9.17) is 10.5 Å². The Morgan fingerprint density at radius 2 is 1.94 bits per heavy atom. The molecular weight excluding hydrogens is 226 g/mol. The summed E-state index contributed by atoms with van der Waals surface area (Å²) >= 11 is 0. The summed E-state index contributed by atoms with van der Waals surface area (Å²) < 4.78 is 5.64. The van der Waals surface area contributed by atoms with E-state index in [1.54, 1.807) is 0 Å². The van der Waals surface area contributed by atoms with Gasteiger partial charge in [-0.05, 0) is 32.0 Å². The number of nitrogens with two attached hydrogens (primary N) is 1. The van der Waals surface area contributed by atoms with E-state index in [0.29, 0.717) is 12.3 Å². The molecule has 0 amide bonds. The summed E-state index contributed by atoms with van der Waals surface area (Å²) in [6.07, 6.45) is 0.749. The van der Waals surface area contributed by atoms with Gasteiger partial charge in [0.25, 0.3) is 0 Å². The van der Waals surface area contributed by atoms with E-state index in [2.05, 4.69) is 9.97 Å². The summed E-state index contributed by atoms with van der Waals surface area (Å²) in [5.74, 6) is 1.52.